The lowest BCUT2D eigenvalue weighted by atomic mass is 10.1. The molecular formula is C20H30N5O2S+. The van der Waals surface area contributed by atoms with E-state index in [1.807, 2.05) is 56.7 Å². The Balaban J connectivity index is 2.30. The van der Waals surface area contributed by atoms with Gasteiger partial charge in [0.25, 0.3) is 5.91 Å². The Hall–Kier alpha value is -2.45. The molecule has 0 radical (unpaired) electrons. The molecular weight excluding hydrogens is 374 g/mol. The number of allylic oxidation sites excluding steroid dienone is 1. The van der Waals surface area contributed by atoms with Crippen molar-refractivity contribution in [3.8, 4) is 17.1 Å². The lowest BCUT2D eigenvalue weighted by Gasteiger charge is -2.21. The Morgan fingerprint density at radius 1 is 1.39 bits per heavy atom. The van der Waals surface area contributed by atoms with Gasteiger partial charge in [-0.2, -0.15) is 4.68 Å². The fraction of sp³-hybridized carbons (Fsp3) is 0.450. The van der Waals surface area contributed by atoms with Crippen LogP contribution >= 0.6 is 12.2 Å². The second kappa shape index (κ2) is 9.16. The molecule has 0 saturated carbocycles. The molecule has 1 aromatic carbocycles. The molecule has 152 valence electrons. The molecule has 0 aliphatic heterocycles. The van der Waals surface area contributed by atoms with Crippen LogP contribution in [0.4, 0.5) is 0 Å². The zero-order valence-electron chi connectivity index (χ0n) is 17.3. The SMILES string of the molecule is C=CCn1c(-c2ccccc2OC)nn(C[NH+](C)CC(=O)NC(C)(C)C)c1=S. The molecule has 2 rings (SSSR count). The summed E-state index contributed by atoms with van der Waals surface area (Å²) in [6, 6.07) is 7.70. The lowest BCUT2D eigenvalue weighted by molar-refractivity contribution is -0.895. The second-order valence-electron chi connectivity index (χ2n) is 7.80. The van der Waals surface area contributed by atoms with Crippen LogP contribution in [-0.2, 0) is 18.0 Å². The normalized spacial score (nSPS) is 12.5. The summed E-state index contributed by atoms with van der Waals surface area (Å²) in [4.78, 5) is 13.2. The number of methoxy groups -OCH3 is 1. The number of likely N-dealkylation sites (N-methyl/N-ethyl adjacent to an activating group) is 1. The average molecular weight is 405 g/mol. The molecule has 0 fully saturated rings. The molecule has 1 unspecified atom stereocenters. The van der Waals surface area contributed by atoms with Gasteiger partial charge < -0.3 is 15.0 Å². The van der Waals surface area contributed by atoms with E-state index in [4.69, 9.17) is 22.1 Å². The number of nitrogens with one attached hydrogen (secondary N) is 2. The molecule has 0 saturated heterocycles. The van der Waals surface area contributed by atoms with E-state index < -0.39 is 0 Å². The first-order valence-electron chi connectivity index (χ1n) is 9.20. The van der Waals surface area contributed by atoms with Gasteiger partial charge in [0.1, 0.15) is 5.75 Å². The Bertz CT molecular complexity index is 895. The highest BCUT2D eigenvalue weighted by Gasteiger charge is 2.20. The summed E-state index contributed by atoms with van der Waals surface area (Å²) in [5.41, 5.74) is 0.607. The van der Waals surface area contributed by atoms with Crippen LogP contribution in [0.3, 0.4) is 0 Å². The van der Waals surface area contributed by atoms with Gasteiger partial charge in [-0.25, -0.2) is 0 Å². The van der Waals surface area contributed by atoms with Gasteiger partial charge in [-0.05, 0) is 45.1 Å². The standard InChI is InChI=1S/C20H29N5O2S/c1-7-12-24-18(15-10-8-9-11-16(15)27-6)22-25(19(24)28)14-23(5)13-17(26)21-20(2,3)4/h7-11H,1,12-14H2,2-6H3,(H,21,26)/p+1. The lowest BCUT2D eigenvalue weighted by Crippen LogP contribution is -3.09. The van der Waals surface area contributed by atoms with Crippen molar-refractivity contribution in [1.82, 2.24) is 19.7 Å². The highest BCUT2D eigenvalue weighted by atomic mass is 32.1. The summed E-state index contributed by atoms with van der Waals surface area (Å²) in [7, 11) is 3.58. The first-order chi connectivity index (χ1) is 13.2. The van der Waals surface area contributed by atoms with E-state index in [1.165, 1.54) is 0 Å². The van der Waals surface area contributed by atoms with E-state index in [0.29, 0.717) is 30.4 Å². The number of para-hydroxylation sites is 1. The summed E-state index contributed by atoms with van der Waals surface area (Å²) >= 11 is 5.64. The fourth-order valence-corrected chi connectivity index (χ4v) is 3.18. The molecule has 0 bridgehead atoms. The summed E-state index contributed by atoms with van der Waals surface area (Å²) < 4.78 is 9.73. The van der Waals surface area contributed by atoms with Gasteiger partial charge in [0.15, 0.2) is 19.0 Å². The van der Waals surface area contributed by atoms with Crippen molar-refractivity contribution in [2.45, 2.75) is 39.5 Å². The molecule has 2 aromatic rings. The maximum Gasteiger partial charge on any atom is 0.275 e. The van der Waals surface area contributed by atoms with Gasteiger partial charge in [0.05, 0.1) is 19.7 Å². The summed E-state index contributed by atoms with van der Waals surface area (Å²) in [5.74, 6) is 1.44. The van der Waals surface area contributed by atoms with Crippen LogP contribution in [-0.4, -0.2) is 46.5 Å². The Labute approximate surface area is 171 Å². The third-order valence-electron chi connectivity index (χ3n) is 3.98. The van der Waals surface area contributed by atoms with E-state index in [0.717, 1.165) is 16.2 Å². The van der Waals surface area contributed by atoms with Crippen molar-refractivity contribution in [3.63, 3.8) is 0 Å². The third kappa shape index (κ3) is 5.53. The maximum absolute atomic E-state index is 12.2. The van der Waals surface area contributed by atoms with Gasteiger partial charge in [-0.1, -0.05) is 18.2 Å². The number of ether oxygens (including phenoxy) is 1. The van der Waals surface area contributed by atoms with E-state index in [1.54, 1.807) is 17.9 Å². The monoisotopic (exact) mass is 404 g/mol. The van der Waals surface area contributed by atoms with E-state index in [2.05, 4.69) is 11.9 Å². The molecule has 1 amide bonds. The second-order valence-corrected chi connectivity index (χ2v) is 8.16. The first kappa shape index (κ1) is 21.8. The summed E-state index contributed by atoms with van der Waals surface area (Å²) in [5, 5.41) is 7.70. The van der Waals surface area contributed by atoms with Crippen LogP contribution in [0, 0.1) is 4.77 Å². The number of carbonyl (C=O) groups excluding carboxylic acids is 1. The number of benzene rings is 1. The smallest absolute Gasteiger partial charge is 0.275 e. The minimum Gasteiger partial charge on any atom is -0.496 e. The van der Waals surface area contributed by atoms with Crippen LogP contribution in [0.2, 0.25) is 0 Å². The van der Waals surface area contributed by atoms with Gasteiger partial charge in [-0.15, -0.1) is 11.7 Å². The molecule has 28 heavy (non-hydrogen) atoms. The highest BCUT2D eigenvalue weighted by Crippen LogP contribution is 2.28. The molecule has 1 heterocycles. The van der Waals surface area contributed by atoms with Crippen molar-refractivity contribution in [2.75, 3.05) is 20.7 Å². The molecule has 1 atom stereocenters. The van der Waals surface area contributed by atoms with Crippen molar-refractivity contribution in [1.29, 1.82) is 0 Å². The summed E-state index contributed by atoms with van der Waals surface area (Å²) in [6.45, 7) is 11.1. The largest absolute Gasteiger partial charge is 0.496 e. The molecule has 8 heteroatoms. The Morgan fingerprint density at radius 3 is 2.68 bits per heavy atom. The number of amides is 1. The van der Waals surface area contributed by atoms with Crippen LogP contribution in [0.5, 0.6) is 5.75 Å². The molecule has 0 spiro atoms. The van der Waals surface area contributed by atoms with Crippen molar-refractivity contribution >= 4 is 18.1 Å². The predicted octanol–water partition coefficient (Wildman–Crippen LogP) is 1.66. The number of quaternary nitrogens is 1. The maximum atomic E-state index is 12.2. The quantitative estimate of drug-likeness (QED) is 0.519. The predicted molar refractivity (Wildman–Crippen MR) is 113 cm³/mol. The number of rotatable bonds is 8. The third-order valence-corrected chi connectivity index (χ3v) is 4.41. The molecule has 0 aliphatic carbocycles. The molecule has 7 nitrogen and oxygen atoms in total. The van der Waals surface area contributed by atoms with Crippen molar-refractivity contribution in [2.24, 2.45) is 0 Å². The van der Waals surface area contributed by atoms with E-state index in [9.17, 15) is 4.79 Å². The highest BCUT2D eigenvalue weighted by molar-refractivity contribution is 7.71. The number of aromatic nitrogens is 3. The Morgan fingerprint density at radius 2 is 2.07 bits per heavy atom. The summed E-state index contributed by atoms with van der Waals surface area (Å²) in [6.07, 6.45) is 1.79. The van der Waals surface area contributed by atoms with Crippen LogP contribution in [0.1, 0.15) is 20.8 Å². The van der Waals surface area contributed by atoms with Crippen molar-refractivity contribution in [3.05, 3.63) is 41.7 Å². The average Bonchev–Trinajstić information content (AvgIpc) is 2.89. The number of carbonyl (C=O) groups is 1. The molecule has 0 aliphatic rings. The fourth-order valence-electron chi connectivity index (χ4n) is 2.91. The van der Waals surface area contributed by atoms with Crippen LogP contribution in [0.25, 0.3) is 11.4 Å². The van der Waals surface area contributed by atoms with Gasteiger partial charge in [0.2, 0.25) is 4.77 Å². The number of hydrogen-bond donors (Lipinski definition) is 2. The Kier molecular flexibility index (Phi) is 7.15. The van der Waals surface area contributed by atoms with Crippen molar-refractivity contribution < 1.29 is 14.4 Å². The zero-order chi connectivity index (χ0) is 20.9. The van der Waals surface area contributed by atoms with Gasteiger partial charge >= 0.3 is 0 Å². The van der Waals surface area contributed by atoms with E-state index in [-0.39, 0.29) is 11.4 Å². The first-order valence-corrected chi connectivity index (χ1v) is 9.61. The van der Waals surface area contributed by atoms with Crippen LogP contribution in [0.15, 0.2) is 36.9 Å². The van der Waals surface area contributed by atoms with Crippen LogP contribution < -0.4 is 15.0 Å². The van der Waals surface area contributed by atoms with E-state index >= 15 is 0 Å². The minimum atomic E-state index is -0.254. The molecule has 1 aromatic heterocycles. The topological polar surface area (TPSA) is 65.5 Å². The number of nitrogens with zero attached hydrogens (tertiary/aromatic N) is 3. The van der Waals surface area contributed by atoms with Gasteiger partial charge in [0, 0.05) is 12.1 Å². The minimum absolute atomic E-state index is 0.00741. The van der Waals surface area contributed by atoms with Gasteiger partial charge in [-0.3, -0.25) is 9.36 Å². The number of hydrogen-bond acceptors (Lipinski definition) is 4. The zero-order valence-corrected chi connectivity index (χ0v) is 18.1. The molecule has 2 N–H and O–H groups in total.